The van der Waals surface area contributed by atoms with Crippen molar-refractivity contribution in [2.45, 2.75) is 18.7 Å². The molecule has 0 spiro atoms. The van der Waals surface area contributed by atoms with Gasteiger partial charge >= 0.3 is 0 Å². The molecule has 0 aliphatic rings. The molecule has 0 saturated carbocycles. The lowest BCUT2D eigenvalue weighted by Crippen LogP contribution is -1.95. The Hall–Kier alpha value is -2.77. The number of fused-ring (bicyclic) bond motifs is 1. The Morgan fingerprint density at radius 2 is 2.04 bits per heavy atom. The number of furan rings is 1. The van der Waals surface area contributed by atoms with Gasteiger partial charge in [-0.3, -0.25) is 10.1 Å². The lowest BCUT2D eigenvalue weighted by atomic mass is 10.0. The Kier molecular flexibility index (Phi) is 5.01. The first-order chi connectivity index (χ1) is 12.5. The van der Waals surface area contributed by atoms with E-state index in [9.17, 15) is 0 Å². The minimum Gasteiger partial charge on any atom is -0.452 e. The van der Waals surface area contributed by atoms with Crippen LogP contribution in [0.15, 0.2) is 44.8 Å². The topological polar surface area (TPSA) is 116 Å². The third-order valence-corrected chi connectivity index (χ3v) is 4.81. The van der Waals surface area contributed by atoms with Crippen LogP contribution >= 0.6 is 11.9 Å². The first-order valence-corrected chi connectivity index (χ1v) is 8.92. The Bertz CT molecular complexity index is 1040. The van der Waals surface area contributed by atoms with E-state index in [1.807, 2.05) is 38.1 Å². The minimum absolute atomic E-state index is 0.335. The van der Waals surface area contributed by atoms with E-state index < -0.39 is 0 Å². The zero-order chi connectivity index (χ0) is 18.8. The average Bonchev–Trinajstić information content (AvgIpc) is 3.06. The summed E-state index contributed by atoms with van der Waals surface area (Å²) < 4.78 is 6.07. The van der Waals surface area contributed by atoms with Crippen LogP contribution in [-0.4, -0.2) is 18.2 Å². The summed E-state index contributed by atoms with van der Waals surface area (Å²) in [6.07, 6.45) is 5.49. The fraction of sp³-hybridized carbons (Fsp3) is 0.158. The number of allylic oxidation sites excluding steroid dienone is 2. The lowest BCUT2D eigenvalue weighted by Gasteiger charge is -2.09. The number of benzene rings is 1. The molecule has 26 heavy (non-hydrogen) atoms. The van der Waals surface area contributed by atoms with Gasteiger partial charge in [0.1, 0.15) is 5.76 Å². The molecule has 7 heteroatoms. The number of hydrogen-bond acceptors (Lipinski definition) is 7. The van der Waals surface area contributed by atoms with Crippen LogP contribution in [0.2, 0.25) is 0 Å². The number of aromatic nitrogens is 1. The highest BCUT2D eigenvalue weighted by atomic mass is 32.2. The number of pyridine rings is 1. The Morgan fingerprint density at radius 3 is 2.69 bits per heavy atom. The van der Waals surface area contributed by atoms with Crippen molar-refractivity contribution < 1.29 is 4.42 Å². The standard InChI is InChI=1S/C19H21N5OS/c1-4-11(8-23-3)14-9-24-19(21)17-12(14)7-16(25-17)13-5-10(2)6-15(20)18(13)26-22/h4-9H,20,22H2,1-3H3,(H2,21,24)/b11-4+,23-8?. The summed E-state index contributed by atoms with van der Waals surface area (Å²) in [5.41, 5.74) is 17.0. The number of anilines is 2. The van der Waals surface area contributed by atoms with Crippen molar-refractivity contribution in [3.63, 3.8) is 0 Å². The number of hydrogen-bond donors (Lipinski definition) is 3. The van der Waals surface area contributed by atoms with E-state index in [4.69, 9.17) is 21.0 Å². The maximum Gasteiger partial charge on any atom is 0.177 e. The molecular weight excluding hydrogens is 346 g/mol. The van der Waals surface area contributed by atoms with Crippen molar-refractivity contribution >= 4 is 46.2 Å². The molecule has 0 unspecified atom stereocenters. The summed E-state index contributed by atoms with van der Waals surface area (Å²) >= 11 is 1.10. The third-order valence-electron chi connectivity index (χ3n) is 4.12. The van der Waals surface area contributed by atoms with Gasteiger partial charge < -0.3 is 15.9 Å². The van der Waals surface area contributed by atoms with Crippen molar-refractivity contribution in [3.8, 4) is 11.3 Å². The summed E-state index contributed by atoms with van der Waals surface area (Å²) in [7, 11) is 1.73. The monoisotopic (exact) mass is 367 g/mol. The molecule has 2 heterocycles. The summed E-state index contributed by atoms with van der Waals surface area (Å²) in [6.45, 7) is 3.93. The first kappa shape index (κ1) is 18.0. The number of nitrogens with two attached hydrogens (primary N) is 3. The Balaban J connectivity index is 2.30. The predicted octanol–water partition coefficient (Wildman–Crippen LogP) is 4.04. The van der Waals surface area contributed by atoms with E-state index in [0.717, 1.165) is 44.5 Å². The predicted molar refractivity (Wildman–Crippen MR) is 111 cm³/mol. The summed E-state index contributed by atoms with van der Waals surface area (Å²) in [4.78, 5) is 9.15. The molecule has 3 rings (SSSR count). The molecular formula is C19H21N5OS. The van der Waals surface area contributed by atoms with Crippen molar-refractivity contribution in [2.24, 2.45) is 10.1 Å². The SMILES string of the molecule is C/C=C(\C=NC)c1cnc(N)c2oc(-c3cc(C)cc(N)c3SN)cc12. The molecule has 1 aromatic carbocycles. The second-order valence-electron chi connectivity index (χ2n) is 5.89. The maximum absolute atomic E-state index is 6.13. The third kappa shape index (κ3) is 3.07. The molecule has 0 bridgehead atoms. The molecule has 0 radical (unpaired) electrons. The highest BCUT2D eigenvalue weighted by Crippen LogP contribution is 2.39. The molecule has 0 atom stereocenters. The highest BCUT2D eigenvalue weighted by Gasteiger charge is 2.18. The molecule has 0 amide bonds. The average molecular weight is 367 g/mol. The number of nitrogen functional groups attached to an aromatic ring is 2. The van der Waals surface area contributed by atoms with Gasteiger partial charge in [0.05, 0.1) is 4.90 Å². The van der Waals surface area contributed by atoms with Crippen LogP contribution in [0.5, 0.6) is 0 Å². The zero-order valence-corrected chi connectivity index (χ0v) is 15.7. The first-order valence-electron chi connectivity index (χ1n) is 8.04. The molecule has 134 valence electrons. The van der Waals surface area contributed by atoms with Crippen molar-refractivity contribution in [1.29, 1.82) is 0 Å². The molecule has 0 saturated heterocycles. The van der Waals surface area contributed by atoms with E-state index in [-0.39, 0.29) is 0 Å². The van der Waals surface area contributed by atoms with Crippen LogP contribution in [0.4, 0.5) is 11.5 Å². The van der Waals surface area contributed by atoms with Gasteiger partial charge in [-0.15, -0.1) is 0 Å². The van der Waals surface area contributed by atoms with Gasteiger partial charge in [-0.25, -0.2) is 4.98 Å². The normalized spacial score (nSPS) is 12.4. The highest BCUT2D eigenvalue weighted by molar-refractivity contribution is 7.97. The van der Waals surface area contributed by atoms with Gasteiger partial charge in [-0.1, -0.05) is 6.08 Å². The summed E-state index contributed by atoms with van der Waals surface area (Å²) in [6, 6.07) is 5.83. The summed E-state index contributed by atoms with van der Waals surface area (Å²) in [5, 5.41) is 6.70. The second kappa shape index (κ2) is 7.23. The number of nitrogens with zero attached hydrogens (tertiary/aromatic N) is 2. The minimum atomic E-state index is 0.335. The number of aliphatic imine (C=N–C) groups is 1. The van der Waals surface area contributed by atoms with E-state index in [0.29, 0.717) is 22.8 Å². The van der Waals surface area contributed by atoms with E-state index in [1.54, 1.807) is 19.5 Å². The zero-order valence-electron chi connectivity index (χ0n) is 14.9. The smallest absolute Gasteiger partial charge is 0.177 e. The van der Waals surface area contributed by atoms with Gasteiger partial charge in [0, 0.05) is 41.7 Å². The Morgan fingerprint density at radius 1 is 1.27 bits per heavy atom. The van der Waals surface area contributed by atoms with Gasteiger partial charge in [0.15, 0.2) is 11.4 Å². The quantitative estimate of drug-likeness (QED) is 0.364. The van der Waals surface area contributed by atoms with Crippen molar-refractivity contribution in [3.05, 3.63) is 41.6 Å². The maximum atomic E-state index is 6.13. The second-order valence-corrected chi connectivity index (χ2v) is 6.53. The fourth-order valence-corrected chi connectivity index (χ4v) is 3.44. The Labute approximate surface area is 156 Å². The van der Waals surface area contributed by atoms with Crippen LogP contribution in [0.25, 0.3) is 27.9 Å². The van der Waals surface area contributed by atoms with Crippen molar-refractivity contribution in [1.82, 2.24) is 4.98 Å². The largest absolute Gasteiger partial charge is 0.452 e. The van der Waals surface area contributed by atoms with Crippen LogP contribution in [0.3, 0.4) is 0 Å². The number of aryl methyl sites for hydroxylation is 1. The van der Waals surface area contributed by atoms with Gasteiger partial charge in [-0.2, -0.15) is 0 Å². The van der Waals surface area contributed by atoms with E-state index in [1.165, 1.54) is 0 Å². The molecule has 0 aliphatic heterocycles. The lowest BCUT2D eigenvalue weighted by molar-refractivity contribution is 0.630. The molecule has 0 aliphatic carbocycles. The molecule has 6 N–H and O–H groups in total. The van der Waals surface area contributed by atoms with Crippen LogP contribution < -0.4 is 16.6 Å². The fourth-order valence-electron chi connectivity index (χ4n) is 2.96. The van der Waals surface area contributed by atoms with E-state index >= 15 is 0 Å². The molecule has 2 aromatic heterocycles. The number of rotatable bonds is 4. The summed E-state index contributed by atoms with van der Waals surface area (Å²) in [5.74, 6) is 0.981. The van der Waals surface area contributed by atoms with Gasteiger partial charge in [0.2, 0.25) is 0 Å². The molecule has 0 fully saturated rings. The van der Waals surface area contributed by atoms with E-state index in [2.05, 4.69) is 9.98 Å². The van der Waals surface area contributed by atoms with Crippen LogP contribution in [0.1, 0.15) is 18.1 Å². The van der Waals surface area contributed by atoms with Crippen LogP contribution in [-0.2, 0) is 0 Å². The molecule has 6 nitrogen and oxygen atoms in total. The molecule has 3 aromatic rings. The van der Waals surface area contributed by atoms with Gasteiger partial charge in [-0.05, 0) is 55.1 Å². The van der Waals surface area contributed by atoms with Crippen LogP contribution in [0, 0.1) is 6.92 Å². The van der Waals surface area contributed by atoms with Gasteiger partial charge in [0.25, 0.3) is 0 Å². The van der Waals surface area contributed by atoms with Crippen molar-refractivity contribution in [2.75, 3.05) is 18.5 Å².